The van der Waals surface area contributed by atoms with Crippen LogP contribution in [-0.2, 0) is 12.0 Å². The molecule has 1 N–H and O–H groups in total. The molecular formula is C11H20N2O. The third-order valence-corrected chi connectivity index (χ3v) is 2.00. The third-order valence-electron chi connectivity index (χ3n) is 2.00. The molecule has 0 radical (unpaired) electrons. The zero-order valence-corrected chi connectivity index (χ0v) is 9.55. The van der Waals surface area contributed by atoms with Crippen LogP contribution in [0.25, 0.3) is 0 Å². The molecule has 14 heavy (non-hydrogen) atoms. The van der Waals surface area contributed by atoms with Crippen LogP contribution in [0.1, 0.15) is 45.8 Å². The minimum Gasteiger partial charge on any atom is -0.444 e. The van der Waals surface area contributed by atoms with Gasteiger partial charge >= 0.3 is 0 Å². The van der Waals surface area contributed by atoms with E-state index in [1.165, 1.54) is 0 Å². The lowest BCUT2D eigenvalue weighted by Crippen LogP contribution is -2.14. The van der Waals surface area contributed by atoms with E-state index in [9.17, 15) is 0 Å². The minimum absolute atomic E-state index is 0.0516. The zero-order valence-electron chi connectivity index (χ0n) is 9.55. The van der Waals surface area contributed by atoms with Gasteiger partial charge in [-0.3, -0.25) is 0 Å². The molecule has 0 saturated carbocycles. The standard InChI is InChI=1S/C11H20N2O/c1-5-6-12-8-10-13-7-9(14-10)11(2,3)4/h7,12H,5-6,8H2,1-4H3. The summed E-state index contributed by atoms with van der Waals surface area (Å²) in [5.74, 6) is 1.73. The van der Waals surface area contributed by atoms with Crippen LogP contribution in [0.15, 0.2) is 10.6 Å². The zero-order chi connectivity index (χ0) is 10.6. The van der Waals surface area contributed by atoms with Gasteiger partial charge in [0.1, 0.15) is 5.76 Å². The second-order valence-corrected chi connectivity index (χ2v) is 4.55. The number of nitrogens with one attached hydrogen (secondary N) is 1. The summed E-state index contributed by atoms with van der Waals surface area (Å²) in [7, 11) is 0. The Balaban J connectivity index is 2.51. The number of oxazole rings is 1. The largest absolute Gasteiger partial charge is 0.444 e. The Hall–Kier alpha value is -0.830. The molecular weight excluding hydrogens is 176 g/mol. The maximum absolute atomic E-state index is 5.62. The van der Waals surface area contributed by atoms with Crippen molar-refractivity contribution in [1.82, 2.24) is 10.3 Å². The summed E-state index contributed by atoms with van der Waals surface area (Å²) in [6.45, 7) is 10.2. The second kappa shape index (κ2) is 4.60. The molecule has 3 heteroatoms. The Morgan fingerprint density at radius 3 is 2.64 bits per heavy atom. The van der Waals surface area contributed by atoms with Gasteiger partial charge in [0.25, 0.3) is 0 Å². The molecule has 1 aromatic rings. The highest BCUT2D eigenvalue weighted by Crippen LogP contribution is 2.22. The summed E-state index contributed by atoms with van der Waals surface area (Å²) in [6, 6.07) is 0. The maximum atomic E-state index is 5.62. The van der Waals surface area contributed by atoms with Crippen LogP contribution in [0.2, 0.25) is 0 Å². The predicted octanol–water partition coefficient (Wildman–Crippen LogP) is 2.47. The van der Waals surface area contributed by atoms with E-state index in [2.05, 4.69) is 38.0 Å². The fourth-order valence-electron chi connectivity index (χ4n) is 1.11. The molecule has 1 heterocycles. The number of hydrogen-bond acceptors (Lipinski definition) is 3. The van der Waals surface area contributed by atoms with Crippen molar-refractivity contribution in [2.75, 3.05) is 6.54 Å². The molecule has 0 unspecified atom stereocenters. The lowest BCUT2D eigenvalue weighted by Gasteiger charge is -2.13. The highest BCUT2D eigenvalue weighted by molar-refractivity contribution is 5.05. The van der Waals surface area contributed by atoms with Gasteiger partial charge in [-0.1, -0.05) is 27.7 Å². The highest BCUT2D eigenvalue weighted by atomic mass is 16.4. The lowest BCUT2D eigenvalue weighted by atomic mass is 9.94. The van der Waals surface area contributed by atoms with Gasteiger partial charge in [0.15, 0.2) is 0 Å². The van der Waals surface area contributed by atoms with Crippen molar-refractivity contribution >= 4 is 0 Å². The summed E-state index contributed by atoms with van der Waals surface area (Å²) in [5.41, 5.74) is 0.0516. The van der Waals surface area contributed by atoms with Crippen molar-refractivity contribution in [3.8, 4) is 0 Å². The molecule has 0 aliphatic carbocycles. The Morgan fingerprint density at radius 1 is 1.43 bits per heavy atom. The van der Waals surface area contributed by atoms with Crippen molar-refractivity contribution in [2.45, 2.75) is 46.1 Å². The molecule has 1 rings (SSSR count). The predicted molar refractivity (Wildman–Crippen MR) is 57.2 cm³/mol. The summed E-state index contributed by atoms with van der Waals surface area (Å²) in [5, 5.41) is 3.26. The highest BCUT2D eigenvalue weighted by Gasteiger charge is 2.18. The summed E-state index contributed by atoms with van der Waals surface area (Å²) >= 11 is 0. The van der Waals surface area contributed by atoms with Gasteiger partial charge in [-0.15, -0.1) is 0 Å². The Bertz CT molecular complexity index is 273. The molecule has 0 amide bonds. The maximum Gasteiger partial charge on any atom is 0.208 e. The molecule has 0 atom stereocenters. The van der Waals surface area contributed by atoms with Crippen molar-refractivity contribution in [3.63, 3.8) is 0 Å². The number of nitrogens with zero attached hydrogens (tertiary/aromatic N) is 1. The normalized spacial score (nSPS) is 12.0. The average molecular weight is 196 g/mol. The van der Waals surface area contributed by atoms with Gasteiger partial charge < -0.3 is 9.73 Å². The number of hydrogen-bond donors (Lipinski definition) is 1. The van der Waals surface area contributed by atoms with Crippen molar-refractivity contribution < 1.29 is 4.42 Å². The van der Waals surface area contributed by atoms with Gasteiger partial charge in [-0.05, 0) is 13.0 Å². The van der Waals surface area contributed by atoms with Gasteiger partial charge in [-0.25, -0.2) is 4.98 Å². The van der Waals surface area contributed by atoms with Crippen LogP contribution in [0, 0.1) is 0 Å². The minimum atomic E-state index is 0.0516. The fraction of sp³-hybridized carbons (Fsp3) is 0.727. The van der Waals surface area contributed by atoms with Crippen LogP contribution in [0.5, 0.6) is 0 Å². The fourth-order valence-corrected chi connectivity index (χ4v) is 1.11. The van der Waals surface area contributed by atoms with Crippen LogP contribution in [0.3, 0.4) is 0 Å². The summed E-state index contributed by atoms with van der Waals surface area (Å²) in [6.07, 6.45) is 2.95. The first-order valence-electron chi connectivity index (χ1n) is 5.20. The lowest BCUT2D eigenvalue weighted by molar-refractivity contribution is 0.374. The van der Waals surface area contributed by atoms with Gasteiger partial charge in [0.05, 0.1) is 12.7 Å². The first-order valence-corrected chi connectivity index (χ1v) is 5.20. The first kappa shape index (κ1) is 11.2. The molecule has 0 aromatic carbocycles. The van der Waals surface area contributed by atoms with Gasteiger partial charge in [0.2, 0.25) is 5.89 Å². The molecule has 1 aromatic heterocycles. The van der Waals surface area contributed by atoms with E-state index in [1.54, 1.807) is 0 Å². The van der Waals surface area contributed by atoms with Crippen molar-refractivity contribution in [3.05, 3.63) is 17.8 Å². The van der Waals surface area contributed by atoms with Gasteiger partial charge in [0, 0.05) is 5.41 Å². The van der Waals surface area contributed by atoms with E-state index in [-0.39, 0.29) is 5.41 Å². The smallest absolute Gasteiger partial charge is 0.208 e. The van der Waals surface area contributed by atoms with Gasteiger partial charge in [-0.2, -0.15) is 0 Å². The third kappa shape index (κ3) is 3.14. The molecule has 0 aliphatic heterocycles. The molecule has 3 nitrogen and oxygen atoms in total. The second-order valence-electron chi connectivity index (χ2n) is 4.55. The molecule has 0 spiro atoms. The van der Waals surface area contributed by atoms with E-state index >= 15 is 0 Å². The summed E-state index contributed by atoms with van der Waals surface area (Å²) in [4.78, 5) is 4.23. The Kier molecular flexibility index (Phi) is 3.69. The Labute approximate surface area is 85.9 Å². The van der Waals surface area contributed by atoms with Crippen molar-refractivity contribution in [2.24, 2.45) is 0 Å². The SMILES string of the molecule is CCCNCc1ncc(C(C)(C)C)o1. The molecule has 0 aliphatic rings. The van der Waals surface area contributed by atoms with Crippen LogP contribution in [-0.4, -0.2) is 11.5 Å². The van der Waals surface area contributed by atoms with E-state index in [1.807, 2.05) is 6.20 Å². The van der Waals surface area contributed by atoms with E-state index in [4.69, 9.17) is 4.42 Å². The molecule has 0 bridgehead atoms. The average Bonchev–Trinajstić information content (AvgIpc) is 2.52. The first-order chi connectivity index (χ1) is 6.54. The van der Waals surface area contributed by atoms with Crippen molar-refractivity contribution in [1.29, 1.82) is 0 Å². The van der Waals surface area contributed by atoms with Crippen LogP contribution in [0.4, 0.5) is 0 Å². The van der Waals surface area contributed by atoms with E-state index < -0.39 is 0 Å². The number of aromatic nitrogens is 1. The molecule has 0 fully saturated rings. The van der Waals surface area contributed by atoms with E-state index in [0.29, 0.717) is 0 Å². The quantitative estimate of drug-likeness (QED) is 0.752. The topological polar surface area (TPSA) is 38.1 Å². The van der Waals surface area contributed by atoms with Crippen LogP contribution >= 0.6 is 0 Å². The number of rotatable bonds is 4. The Morgan fingerprint density at radius 2 is 2.14 bits per heavy atom. The van der Waals surface area contributed by atoms with Crippen LogP contribution < -0.4 is 5.32 Å². The summed E-state index contributed by atoms with van der Waals surface area (Å²) < 4.78 is 5.62. The monoisotopic (exact) mass is 196 g/mol. The van der Waals surface area contributed by atoms with E-state index in [0.717, 1.165) is 31.2 Å². The molecule has 80 valence electrons. The molecule has 0 saturated heterocycles.